The topological polar surface area (TPSA) is 83.7 Å². The van der Waals surface area contributed by atoms with E-state index in [0.29, 0.717) is 23.6 Å². The Hall–Kier alpha value is -3.48. The van der Waals surface area contributed by atoms with E-state index in [-0.39, 0.29) is 30.2 Å². The molecule has 1 aliphatic heterocycles. The van der Waals surface area contributed by atoms with Crippen LogP contribution in [0.2, 0.25) is 0 Å². The lowest BCUT2D eigenvalue weighted by atomic mass is 10.0. The Balaban J connectivity index is 1.39. The third-order valence-electron chi connectivity index (χ3n) is 7.09. The normalized spacial score (nSPS) is 19.3. The molecule has 0 spiro atoms. The number of rotatable bonds is 6. The summed E-state index contributed by atoms with van der Waals surface area (Å²) in [6, 6.07) is 13.9. The number of carbonyl (C=O) groups is 3. The van der Waals surface area contributed by atoms with Gasteiger partial charge in [-0.05, 0) is 55.7 Å². The molecule has 0 bridgehead atoms. The van der Waals surface area contributed by atoms with Gasteiger partial charge in [0.25, 0.3) is 5.91 Å². The molecule has 2 fully saturated rings. The van der Waals surface area contributed by atoms with Crippen LogP contribution < -0.4 is 4.90 Å². The van der Waals surface area contributed by atoms with Crippen LogP contribution >= 0.6 is 0 Å². The first kappa shape index (κ1) is 23.3. The van der Waals surface area contributed by atoms with Gasteiger partial charge in [0.05, 0.1) is 12.1 Å². The van der Waals surface area contributed by atoms with Crippen LogP contribution in [0.5, 0.6) is 0 Å². The molecular formula is C28H31N3O4. The Morgan fingerprint density at radius 2 is 1.74 bits per heavy atom. The van der Waals surface area contributed by atoms with Crippen LogP contribution in [0.15, 0.2) is 52.9 Å². The number of oxazole rings is 1. The molecule has 182 valence electrons. The monoisotopic (exact) mass is 473 g/mol. The summed E-state index contributed by atoms with van der Waals surface area (Å²) in [6.07, 6.45) is 7.36. The van der Waals surface area contributed by atoms with Crippen LogP contribution in [-0.4, -0.2) is 39.7 Å². The van der Waals surface area contributed by atoms with Crippen LogP contribution in [-0.2, 0) is 14.4 Å². The van der Waals surface area contributed by atoms with Crippen LogP contribution in [0.25, 0.3) is 22.6 Å². The van der Waals surface area contributed by atoms with Crippen molar-refractivity contribution in [3.05, 3.63) is 48.5 Å². The zero-order chi connectivity index (χ0) is 24.4. The number of hydrogen-bond donors (Lipinski definition) is 0. The molecule has 1 saturated carbocycles. The summed E-state index contributed by atoms with van der Waals surface area (Å²) in [7, 11) is 0. The first-order valence-electron chi connectivity index (χ1n) is 12.7. The van der Waals surface area contributed by atoms with E-state index in [2.05, 4.69) is 4.98 Å². The summed E-state index contributed by atoms with van der Waals surface area (Å²) >= 11 is 0. The van der Waals surface area contributed by atoms with Gasteiger partial charge in [-0.2, -0.15) is 0 Å². The van der Waals surface area contributed by atoms with E-state index >= 15 is 0 Å². The third-order valence-corrected chi connectivity index (χ3v) is 7.09. The van der Waals surface area contributed by atoms with Gasteiger partial charge in [0.15, 0.2) is 5.58 Å². The zero-order valence-electron chi connectivity index (χ0n) is 20.1. The minimum Gasteiger partial charge on any atom is -0.436 e. The molecule has 2 aromatic carbocycles. The Morgan fingerprint density at radius 3 is 2.43 bits per heavy atom. The summed E-state index contributed by atoms with van der Waals surface area (Å²) in [6.45, 7) is 1.97. The van der Waals surface area contributed by atoms with Crippen LogP contribution in [0.4, 0.5) is 5.69 Å². The van der Waals surface area contributed by atoms with E-state index in [0.717, 1.165) is 56.0 Å². The number of aromatic nitrogens is 1. The highest BCUT2D eigenvalue weighted by molar-refractivity contribution is 6.23. The van der Waals surface area contributed by atoms with Gasteiger partial charge in [-0.1, -0.05) is 44.7 Å². The van der Waals surface area contributed by atoms with E-state index < -0.39 is 6.04 Å². The Kier molecular flexibility index (Phi) is 6.66. The number of anilines is 1. The predicted molar refractivity (Wildman–Crippen MR) is 134 cm³/mol. The van der Waals surface area contributed by atoms with Crippen molar-refractivity contribution in [3.63, 3.8) is 0 Å². The van der Waals surface area contributed by atoms with Gasteiger partial charge in [0.2, 0.25) is 17.7 Å². The fourth-order valence-electron chi connectivity index (χ4n) is 5.36. The zero-order valence-corrected chi connectivity index (χ0v) is 20.1. The van der Waals surface area contributed by atoms with E-state index in [1.807, 2.05) is 31.2 Å². The number of fused-ring (bicyclic) bond motifs is 1. The first-order valence-corrected chi connectivity index (χ1v) is 12.7. The maximum Gasteiger partial charge on any atom is 0.257 e. The molecule has 1 aliphatic carbocycles. The summed E-state index contributed by atoms with van der Waals surface area (Å²) < 4.78 is 5.83. The van der Waals surface area contributed by atoms with E-state index in [1.54, 1.807) is 29.2 Å². The highest BCUT2D eigenvalue weighted by Gasteiger charge is 2.46. The summed E-state index contributed by atoms with van der Waals surface area (Å²) in [4.78, 5) is 47.2. The summed E-state index contributed by atoms with van der Waals surface area (Å²) in [5.41, 5.74) is 2.74. The van der Waals surface area contributed by atoms with E-state index in [4.69, 9.17) is 4.42 Å². The number of nitrogens with zero attached hydrogens (tertiary/aromatic N) is 3. The quantitative estimate of drug-likeness (QED) is 0.350. The molecular weight excluding hydrogens is 442 g/mol. The molecule has 0 radical (unpaired) electrons. The van der Waals surface area contributed by atoms with Crippen molar-refractivity contribution in [1.82, 2.24) is 9.88 Å². The molecule has 7 heteroatoms. The van der Waals surface area contributed by atoms with Crippen LogP contribution in [0.3, 0.4) is 0 Å². The molecule has 5 rings (SSSR count). The number of carbonyl (C=O) groups excluding carboxylic acids is 3. The number of benzene rings is 2. The maximum atomic E-state index is 13.5. The Morgan fingerprint density at radius 1 is 1.03 bits per heavy atom. The largest absolute Gasteiger partial charge is 0.436 e. The smallest absolute Gasteiger partial charge is 0.257 e. The molecule has 35 heavy (non-hydrogen) atoms. The van der Waals surface area contributed by atoms with Crippen molar-refractivity contribution in [3.8, 4) is 11.5 Å². The highest BCUT2D eigenvalue weighted by Crippen LogP contribution is 2.33. The average Bonchev–Trinajstić information content (AvgIpc) is 3.29. The Bertz CT molecular complexity index is 1190. The number of para-hydroxylation sites is 2. The molecule has 3 amide bonds. The maximum absolute atomic E-state index is 13.5. The lowest BCUT2D eigenvalue weighted by Crippen LogP contribution is -2.50. The van der Waals surface area contributed by atoms with Crippen molar-refractivity contribution in [2.75, 3.05) is 4.90 Å². The van der Waals surface area contributed by atoms with Crippen molar-refractivity contribution in [2.45, 2.75) is 76.8 Å². The fraction of sp³-hybridized carbons (Fsp3) is 0.429. The molecule has 7 nitrogen and oxygen atoms in total. The second-order valence-electron chi connectivity index (χ2n) is 9.52. The number of imide groups is 1. The summed E-state index contributed by atoms with van der Waals surface area (Å²) in [5, 5.41) is 0. The third kappa shape index (κ3) is 4.59. The number of hydrogen-bond acceptors (Lipinski definition) is 5. The summed E-state index contributed by atoms with van der Waals surface area (Å²) in [5.74, 6) is -0.103. The molecule has 1 aromatic heterocycles. The molecule has 1 unspecified atom stereocenters. The standard InChI is InChI=1S/C28H31N3O4/c1-2-9-25(32)30(20-10-5-3-4-6-11-20)23-18-26(33)31(28(23)34)21-16-14-19(15-17-21)27-29-22-12-7-8-13-24(22)35-27/h7-8,12-17,20,23H,2-6,9-11,18H2,1H3. The fourth-order valence-corrected chi connectivity index (χ4v) is 5.36. The van der Waals surface area contributed by atoms with Crippen molar-refractivity contribution in [2.24, 2.45) is 0 Å². The van der Waals surface area contributed by atoms with Gasteiger partial charge in [-0.15, -0.1) is 0 Å². The molecule has 1 saturated heterocycles. The van der Waals surface area contributed by atoms with Gasteiger partial charge in [-0.25, -0.2) is 9.88 Å². The van der Waals surface area contributed by atoms with Gasteiger partial charge in [-0.3, -0.25) is 14.4 Å². The number of amides is 3. The molecule has 1 atom stereocenters. The van der Waals surface area contributed by atoms with Gasteiger partial charge in [0.1, 0.15) is 11.6 Å². The Labute approximate surface area is 205 Å². The van der Waals surface area contributed by atoms with Crippen LogP contribution in [0.1, 0.15) is 64.7 Å². The van der Waals surface area contributed by atoms with Crippen molar-refractivity contribution >= 4 is 34.5 Å². The molecule has 2 heterocycles. The molecule has 2 aliphatic rings. The minimum absolute atomic E-state index is 0.0151. The van der Waals surface area contributed by atoms with Crippen molar-refractivity contribution in [1.29, 1.82) is 0 Å². The van der Waals surface area contributed by atoms with Gasteiger partial charge in [0, 0.05) is 18.0 Å². The SMILES string of the molecule is CCCC(=O)N(C1CCCCCC1)C1CC(=O)N(c2ccc(-c3nc4ccccc4o3)cc2)C1=O. The van der Waals surface area contributed by atoms with E-state index in [1.165, 1.54) is 4.90 Å². The van der Waals surface area contributed by atoms with Crippen LogP contribution in [0, 0.1) is 0 Å². The predicted octanol–water partition coefficient (Wildman–Crippen LogP) is 5.48. The van der Waals surface area contributed by atoms with Gasteiger partial charge >= 0.3 is 0 Å². The molecule has 0 N–H and O–H groups in total. The first-order chi connectivity index (χ1) is 17.1. The van der Waals surface area contributed by atoms with E-state index in [9.17, 15) is 14.4 Å². The second kappa shape index (κ2) is 10.0. The minimum atomic E-state index is -0.721. The lowest BCUT2D eigenvalue weighted by molar-refractivity contribution is -0.141. The average molecular weight is 474 g/mol. The second-order valence-corrected chi connectivity index (χ2v) is 9.52. The highest BCUT2D eigenvalue weighted by atomic mass is 16.3. The lowest BCUT2D eigenvalue weighted by Gasteiger charge is -2.35. The van der Waals surface area contributed by atoms with Gasteiger partial charge < -0.3 is 9.32 Å². The van der Waals surface area contributed by atoms with Crippen molar-refractivity contribution < 1.29 is 18.8 Å². The molecule has 3 aromatic rings.